The second-order valence-corrected chi connectivity index (χ2v) is 6.53. The van der Waals surface area contributed by atoms with Crippen LogP contribution in [0.2, 0.25) is 0 Å². The fourth-order valence-electron chi connectivity index (χ4n) is 2.49. The molecule has 3 N–H and O–H groups in total. The minimum Gasteiger partial charge on any atom is -0.459 e. The lowest BCUT2D eigenvalue weighted by atomic mass is 10.1. The molecule has 0 bridgehead atoms. The molecule has 3 rings (SSSR count). The SMILES string of the molecule is Cc1ccc(CCNC(=S)Nc2ccc(NC(=O)c3ccco3)cc2)cc1. The third-order valence-electron chi connectivity index (χ3n) is 3.97. The summed E-state index contributed by atoms with van der Waals surface area (Å²) in [5.74, 6) is -0.00911. The quantitative estimate of drug-likeness (QED) is 0.555. The predicted octanol–water partition coefficient (Wildman–Crippen LogP) is 4.37. The molecule has 0 atom stereocenters. The molecule has 0 spiro atoms. The number of carbonyl (C=O) groups is 1. The summed E-state index contributed by atoms with van der Waals surface area (Å²) in [5, 5.41) is 9.67. The Bertz CT molecular complexity index is 888. The lowest BCUT2D eigenvalue weighted by molar-refractivity contribution is 0.0996. The van der Waals surface area contributed by atoms with Crippen molar-refractivity contribution >= 4 is 34.6 Å². The van der Waals surface area contributed by atoms with E-state index in [0.717, 1.165) is 18.7 Å². The van der Waals surface area contributed by atoms with E-state index in [1.165, 1.54) is 17.4 Å². The monoisotopic (exact) mass is 379 g/mol. The molecule has 0 fully saturated rings. The van der Waals surface area contributed by atoms with Gasteiger partial charge in [0.15, 0.2) is 10.9 Å². The van der Waals surface area contributed by atoms with Gasteiger partial charge in [0.2, 0.25) is 0 Å². The number of rotatable bonds is 6. The van der Waals surface area contributed by atoms with E-state index in [1.807, 2.05) is 12.1 Å². The minimum absolute atomic E-state index is 0.274. The number of amides is 1. The van der Waals surface area contributed by atoms with Crippen molar-refractivity contribution in [2.45, 2.75) is 13.3 Å². The Morgan fingerprint density at radius 2 is 1.63 bits per heavy atom. The van der Waals surface area contributed by atoms with Crippen molar-refractivity contribution in [2.24, 2.45) is 0 Å². The lowest BCUT2D eigenvalue weighted by Gasteiger charge is -2.11. The highest BCUT2D eigenvalue weighted by atomic mass is 32.1. The summed E-state index contributed by atoms with van der Waals surface area (Å²) >= 11 is 5.32. The van der Waals surface area contributed by atoms with Crippen molar-refractivity contribution in [1.82, 2.24) is 5.32 Å². The summed E-state index contributed by atoms with van der Waals surface area (Å²) < 4.78 is 5.07. The van der Waals surface area contributed by atoms with Gasteiger partial charge in [0.25, 0.3) is 5.91 Å². The first-order valence-electron chi connectivity index (χ1n) is 8.65. The van der Waals surface area contributed by atoms with Crippen molar-refractivity contribution < 1.29 is 9.21 Å². The molecule has 0 saturated heterocycles. The molecular weight excluding hydrogens is 358 g/mol. The van der Waals surface area contributed by atoms with Crippen LogP contribution in [0.3, 0.4) is 0 Å². The van der Waals surface area contributed by atoms with Crippen LogP contribution in [0.15, 0.2) is 71.3 Å². The third-order valence-corrected chi connectivity index (χ3v) is 4.21. The van der Waals surface area contributed by atoms with E-state index in [9.17, 15) is 4.79 Å². The number of nitrogens with one attached hydrogen (secondary N) is 3. The van der Waals surface area contributed by atoms with Gasteiger partial charge in [-0.1, -0.05) is 29.8 Å². The van der Waals surface area contributed by atoms with Gasteiger partial charge in [-0.15, -0.1) is 0 Å². The maximum Gasteiger partial charge on any atom is 0.291 e. The topological polar surface area (TPSA) is 66.3 Å². The van der Waals surface area contributed by atoms with Crippen molar-refractivity contribution in [3.8, 4) is 0 Å². The predicted molar refractivity (Wildman–Crippen MR) is 112 cm³/mol. The second-order valence-electron chi connectivity index (χ2n) is 6.13. The zero-order valence-corrected chi connectivity index (χ0v) is 15.8. The third kappa shape index (κ3) is 5.69. The largest absolute Gasteiger partial charge is 0.459 e. The highest BCUT2D eigenvalue weighted by molar-refractivity contribution is 7.80. The maximum atomic E-state index is 11.9. The van der Waals surface area contributed by atoms with Gasteiger partial charge >= 0.3 is 0 Å². The van der Waals surface area contributed by atoms with Gasteiger partial charge in [-0.05, 0) is 67.5 Å². The Labute approximate surface area is 163 Å². The number of benzene rings is 2. The summed E-state index contributed by atoms with van der Waals surface area (Å²) in [6.07, 6.45) is 2.37. The molecule has 138 valence electrons. The van der Waals surface area contributed by atoms with E-state index < -0.39 is 0 Å². The number of hydrogen-bond donors (Lipinski definition) is 3. The van der Waals surface area contributed by atoms with Gasteiger partial charge in [-0.25, -0.2) is 0 Å². The Balaban J connectivity index is 1.44. The van der Waals surface area contributed by atoms with Crippen LogP contribution in [0.4, 0.5) is 11.4 Å². The zero-order valence-electron chi connectivity index (χ0n) is 15.0. The van der Waals surface area contributed by atoms with E-state index in [4.69, 9.17) is 16.6 Å². The molecule has 1 aromatic heterocycles. The average molecular weight is 379 g/mol. The molecular formula is C21H21N3O2S. The lowest BCUT2D eigenvalue weighted by Crippen LogP contribution is -2.30. The molecule has 0 aliphatic rings. The van der Waals surface area contributed by atoms with Gasteiger partial charge in [-0.2, -0.15) is 0 Å². The Morgan fingerprint density at radius 1 is 0.963 bits per heavy atom. The van der Waals surface area contributed by atoms with E-state index >= 15 is 0 Å². The summed E-state index contributed by atoms with van der Waals surface area (Å²) in [4.78, 5) is 11.9. The number of furan rings is 1. The molecule has 6 heteroatoms. The smallest absolute Gasteiger partial charge is 0.291 e. The molecule has 2 aromatic carbocycles. The first kappa shape index (κ1) is 18.7. The second kappa shape index (κ2) is 9.00. The summed E-state index contributed by atoms with van der Waals surface area (Å²) in [6, 6.07) is 19.1. The van der Waals surface area contributed by atoms with Crippen molar-refractivity contribution in [3.05, 3.63) is 83.8 Å². The number of carbonyl (C=O) groups excluding carboxylic acids is 1. The first-order valence-corrected chi connectivity index (χ1v) is 9.06. The van der Waals surface area contributed by atoms with Gasteiger partial charge in [-0.3, -0.25) is 4.79 Å². The van der Waals surface area contributed by atoms with Crippen LogP contribution in [0.1, 0.15) is 21.7 Å². The van der Waals surface area contributed by atoms with Crippen LogP contribution >= 0.6 is 12.2 Å². The van der Waals surface area contributed by atoms with Crippen LogP contribution in [-0.2, 0) is 6.42 Å². The highest BCUT2D eigenvalue weighted by Gasteiger charge is 2.08. The molecule has 0 aliphatic carbocycles. The van der Waals surface area contributed by atoms with Crippen LogP contribution in [0.5, 0.6) is 0 Å². The Kier molecular flexibility index (Phi) is 6.22. The van der Waals surface area contributed by atoms with Crippen LogP contribution in [-0.4, -0.2) is 17.6 Å². The normalized spacial score (nSPS) is 10.3. The summed E-state index contributed by atoms with van der Waals surface area (Å²) in [6.45, 7) is 2.83. The van der Waals surface area contributed by atoms with Crippen LogP contribution in [0, 0.1) is 6.92 Å². The number of hydrogen-bond acceptors (Lipinski definition) is 3. The summed E-state index contributed by atoms with van der Waals surface area (Å²) in [7, 11) is 0. The number of aryl methyl sites for hydroxylation is 1. The highest BCUT2D eigenvalue weighted by Crippen LogP contribution is 2.15. The van der Waals surface area contributed by atoms with Gasteiger partial charge in [0.05, 0.1) is 6.26 Å². The van der Waals surface area contributed by atoms with Crippen LogP contribution < -0.4 is 16.0 Å². The van der Waals surface area contributed by atoms with Crippen molar-refractivity contribution in [1.29, 1.82) is 0 Å². The van der Waals surface area contributed by atoms with E-state index in [0.29, 0.717) is 10.8 Å². The molecule has 0 saturated carbocycles. The molecule has 3 aromatic rings. The molecule has 0 unspecified atom stereocenters. The zero-order chi connectivity index (χ0) is 19.1. The molecule has 5 nitrogen and oxygen atoms in total. The Morgan fingerprint density at radius 3 is 2.26 bits per heavy atom. The Hall–Kier alpha value is -3.12. The summed E-state index contributed by atoms with van der Waals surface area (Å²) in [5.41, 5.74) is 4.05. The van der Waals surface area contributed by atoms with Crippen molar-refractivity contribution in [2.75, 3.05) is 17.2 Å². The molecule has 0 radical (unpaired) electrons. The minimum atomic E-state index is -0.283. The van der Waals surface area contributed by atoms with Crippen LogP contribution in [0.25, 0.3) is 0 Å². The molecule has 1 heterocycles. The fourth-order valence-corrected chi connectivity index (χ4v) is 2.71. The van der Waals surface area contributed by atoms with Gasteiger partial charge in [0.1, 0.15) is 0 Å². The van der Waals surface area contributed by atoms with Gasteiger partial charge in [0, 0.05) is 17.9 Å². The van der Waals surface area contributed by atoms with E-state index in [2.05, 4.69) is 47.1 Å². The molecule has 27 heavy (non-hydrogen) atoms. The standard InChI is InChI=1S/C21H21N3O2S/c1-15-4-6-16(7-5-15)12-13-22-21(27)24-18-10-8-17(9-11-18)23-20(25)19-3-2-14-26-19/h2-11,14H,12-13H2,1H3,(H,23,25)(H2,22,24,27). The number of anilines is 2. The maximum absolute atomic E-state index is 11.9. The van der Waals surface area contributed by atoms with E-state index in [1.54, 1.807) is 24.3 Å². The number of thiocarbonyl (C=S) groups is 1. The van der Waals surface area contributed by atoms with Gasteiger partial charge < -0.3 is 20.4 Å². The van der Waals surface area contributed by atoms with E-state index in [-0.39, 0.29) is 11.7 Å². The first-order chi connectivity index (χ1) is 13.1. The molecule has 0 aliphatic heterocycles. The fraction of sp³-hybridized carbons (Fsp3) is 0.143. The average Bonchev–Trinajstić information content (AvgIpc) is 3.20. The molecule has 1 amide bonds. The van der Waals surface area contributed by atoms with Crippen molar-refractivity contribution in [3.63, 3.8) is 0 Å².